The van der Waals surface area contributed by atoms with Gasteiger partial charge >= 0.3 is 0 Å². The van der Waals surface area contributed by atoms with Crippen molar-refractivity contribution in [2.75, 3.05) is 26.0 Å². The Bertz CT molecular complexity index is 468. The van der Waals surface area contributed by atoms with E-state index in [2.05, 4.69) is 48.1 Å². The Morgan fingerprint density at radius 2 is 2.00 bits per heavy atom. The SMILES string of the molecule is CC(C)C(CN(C)C)Nc1nc2ccccc2[nH]1. The zero-order chi connectivity index (χ0) is 13.1. The minimum Gasteiger partial charge on any atom is -0.352 e. The molecule has 1 aromatic heterocycles. The molecule has 0 aliphatic carbocycles. The van der Waals surface area contributed by atoms with Gasteiger partial charge in [-0.15, -0.1) is 0 Å². The van der Waals surface area contributed by atoms with Gasteiger partial charge in [-0.25, -0.2) is 4.98 Å². The van der Waals surface area contributed by atoms with Gasteiger partial charge in [0.2, 0.25) is 5.95 Å². The number of likely N-dealkylation sites (N-methyl/N-ethyl adjacent to an activating group) is 1. The van der Waals surface area contributed by atoms with Crippen molar-refractivity contribution in [1.29, 1.82) is 0 Å². The number of rotatable bonds is 5. The summed E-state index contributed by atoms with van der Waals surface area (Å²) in [7, 11) is 4.19. The number of hydrogen-bond donors (Lipinski definition) is 2. The molecule has 0 aliphatic rings. The highest BCUT2D eigenvalue weighted by molar-refractivity contribution is 5.77. The molecule has 0 radical (unpaired) electrons. The molecule has 1 unspecified atom stereocenters. The van der Waals surface area contributed by atoms with E-state index in [-0.39, 0.29) is 0 Å². The molecule has 1 heterocycles. The largest absolute Gasteiger partial charge is 0.352 e. The fourth-order valence-corrected chi connectivity index (χ4v) is 2.01. The molecule has 0 fully saturated rings. The van der Waals surface area contributed by atoms with Crippen molar-refractivity contribution >= 4 is 17.0 Å². The first-order chi connectivity index (χ1) is 8.56. The predicted molar refractivity (Wildman–Crippen MR) is 76.9 cm³/mol. The van der Waals surface area contributed by atoms with Gasteiger partial charge in [0.25, 0.3) is 0 Å². The van der Waals surface area contributed by atoms with Crippen LogP contribution in [-0.2, 0) is 0 Å². The third-order valence-corrected chi connectivity index (χ3v) is 3.08. The molecule has 4 nitrogen and oxygen atoms in total. The van der Waals surface area contributed by atoms with E-state index < -0.39 is 0 Å². The van der Waals surface area contributed by atoms with Crippen LogP contribution in [0.25, 0.3) is 11.0 Å². The standard InChI is InChI=1S/C14H22N4/c1-10(2)13(9-18(3)4)17-14-15-11-7-5-6-8-12(11)16-14/h5-8,10,13H,9H2,1-4H3,(H2,15,16,17). The number of imidazole rings is 1. The molecule has 98 valence electrons. The van der Waals surface area contributed by atoms with Crippen molar-refractivity contribution in [1.82, 2.24) is 14.9 Å². The highest BCUT2D eigenvalue weighted by Crippen LogP contribution is 2.16. The van der Waals surface area contributed by atoms with E-state index in [0.29, 0.717) is 12.0 Å². The Kier molecular flexibility index (Phi) is 3.87. The number of para-hydroxylation sites is 2. The smallest absolute Gasteiger partial charge is 0.201 e. The van der Waals surface area contributed by atoms with Gasteiger partial charge in [-0.1, -0.05) is 26.0 Å². The van der Waals surface area contributed by atoms with E-state index >= 15 is 0 Å². The number of aromatic amines is 1. The zero-order valence-corrected chi connectivity index (χ0v) is 11.6. The maximum absolute atomic E-state index is 4.56. The average molecular weight is 246 g/mol. The Morgan fingerprint density at radius 3 is 2.61 bits per heavy atom. The normalized spacial score (nSPS) is 13.4. The number of H-pyrrole nitrogens is 1. The van der Waals surface area contributed by atoms with Gasteiger partial charge in [0.1, 0.15) is 0 Å². The Morgan fingerprint density at radius 1 is 1.28 bits per heavy atom. The number of nitrogens with one attached hydrogen (secondary N) is 2. The number of anilines is 1. The van der Waals surface area contributed by atoms with Gasteiger partial charge in [-0.05, 0) is 32.1 Å². The van der Waals surface area contributed by atoms with Crippen LogP contribution in [-0.4, -0.2) is 41.5 Å². The van der Waals surface area contributed by atoms with Gasteiger partial charge in [0.15, 0.2) is 0 Å². The quantitative estimate of drug-likeness (QED) is 0.852. The van der Waals surface area contributed by atoms with Gasteiger partial charge in [0, 0.05) is 12.6 Å². The van der Waals surface area contributed by atoms with E-state index in [1.165, 1.54) is 0 Å². The Hall–Kier alpha value is -1.55. The minimum absolute atomic E-state index is 0.389. The molecule has 4 heteroatoms. The number of benzene rings is 1. The van der Waals surface area contributed by atoms with Crippen LogP contribution in [0.3, 0.4) is 0 Å². The second-order valence-corrected chi connectivity index (χ2v) is 5.36. The van der Waals surface area contributed by atoms with Gasteiger partial charge in [-0.3, -0.25) is 0 Å². The van der Waals surface area contributed by atoms with E-state index in [1.807, 2.05) is 24.3 Å². The molecule has 2 rings (SSSR count). The van der Waals surface area contributed by atoms with E-state index in [4.69, 9.17) is 0 Å². The zero-order valence-electron chi connectivity index (χ0n) is 11.6. The van der Waals surface area contributed by atoms with Crippen LogP contribution in [0.1, 0.15) is 13.8 Å². The summed E-state index contributed by atoms with van der Waals surface area (Å²) in [5, 5.41) is 3.49. The lowest BCUT2D eigenvalue weighted by molar-refractivity contribution is 0.344. The summed E-state index contributed by atoms with van der Waals surface area (Å²) in [6.07, 6.45) is 0. The van der Waals surface area contributed by atoms with E-state index in [0.717, 1.165) is 23.5 Å². The first kappa shape index (κ1) is 12.9. The van der Waals surface area contributed by atoms with Gasteiger partial charge < -0.3 is 15.2 Å². The van der Waals surface area contributed by atoms with Crippen LogP contribution in [0.2, 0.25) is 0 Å². The second-order valence-electron chi connectivity index (χ2n) is 5.36. The highest BCUT2D eigenvalue weighted by Gasteiger charge is 2.15. The lowest BCUT2D eigenvalue weighted by Gasteiger charge is -2.25. The predicted octanol–water partition coefficient (Wildman–Crippen LogP) is 2.56. The summed E-state index contributed by atoms with van der Waals surface area (Å²) in [5.74, 6) is 1.41. The van der Waals surface area contributed by atoms with Crippen LogP contribution in [0.4, 0.5) is 5.95 Å². The van der Waals surface area contributed by atoms with Crippen LogP contribution >= 0.6 is 0 Å². The molecule has 1 atom stereocenters. The van der Waals surface area contributed by atoms with E-state index in [9.17, 15) is 0 Å². The summed E-state index contributed by atoms with van der Waals surface area (Å²) < 4.78 is 0. The van der Waals surface area contributed by atoms with Crippen molar-refractivity contribution < 1.29 is 0 Å². The van der Waals surface area contributed by atoms with Crippen molar-refractivity contribution in [2.45, 2.75) is 19.9 Å². The number of fused-ring (bicyclic) bond motifs is 1. The summed E-state index contributed by atoms with van der Waals surface area (Å²) in [4.78, 5) is 10.1. The maximum atomic E-state index is 4.56. The molecule has 2 N–H and O–H groups in total. The summed E-state index contributed by atoms with van der Waals surface area (Å²) in [6.45, 7) is 5.45. The highest BCUT2D eigenvalue weighted by atomic mass is 15.2. The molecular formula is C14H22N4. The summed E-state index contributed by atoms with van der Waals surface area (Å²) in [5.41, 5.74) is 2.08. The first-order valence-electron chi connectivity index (χ1n) is 6.42. The van der Waals surface area contributed by atoms with Crippen molar-refractivity contribution in [3.05, 3.63) is 24.3 Å². The first-order valence-corrected chi connectivity index (χ1v) is 6.42. The molecular weight excluding hydrogens is 224 g/mol. The summed E-state index contributed by atoms with van der Waals surface area (Å²) in [6, 6.07) is 8.48. The van der Waals surface area contributed by atoms with Gasteiger partial charge in [-0.2, -0.15) is 0 Å². The number of nitrogens with zero attached hydrogens (tertiary/aromatic N) is 2. The Labute approximate surface area is 108 Å². The topological polar surface area (TPSA) is 44.0 Å². The lowest BCUT2D eigenvalue weighted by atomic mass is 10.0. The molecule has 0 saturated carbocycles. The maximum Gasteiger partial charge on any atom is 0.201 e. The minimum atomic E-state index is 0.389. The van der Waals surface area contributed by atoms with Crippen LogP contribution in [0.5, 0.6) is 0 Å². The molecule has 0 aliphatic heterocycles. The molecule has 1 aromatic carbocycles. The molecule has 0 spiro atoms. The second kappa shape index (κ2) is 5.40. The molecule has 0 amide bonds. The molecule has 2 aromatic rings. The van der Waals surface area contributed by atoms with E-state index in [1.54, 1.807) is 0 Å². The van der Waals surface area contributed by atoms with Crippen LogP contribution in [0, 0.1) is 5.92 Å². The van der Waals surface area contributed by atoms with Crippen molar-refractivity contribution in [2.24, 2.45) is 5.92 Å². The van der Waals surface area contributed by atoms with Crippen molar-refractivity contribution in [3.8, 4) is 0 Å². The Balaban J connectivity index is 2.15. The average Bonchev–Trinajstić information content (AvgIpc) is 2.69. The van der Waals surface area contributed by atoms with Gasteiger partial charge in [0.05, 0.1) is 11.0 Å². The van der Waals surface area contributed by atoms with Crippen LogP contribution in [0.15, 0.2) is 24.3 Å². The fraction of sp³-hybridized carbons (Fsp3) is 0.500. The molecule has 0 bridgehead atoms. The van der Waals surface area contributed by atoms with Crippen molar-refractivity contribution in [3.63, 3.8) is 0 Å². The number of hydrogen-bond acceptors (Lipinski definition) is 3. The third kappa shape index (κ3) is 3.01. The summed E-state index contributed by atoms with van der Waals surface area (Å²) >= 11 is 0. The fourth-order valence-electron chi connectivity index (χ4n) is 2.01. The lowest BCUT2D eigenvalue weighted by Crippen LogP contribution is -2.36. The number of aromatic nitrogens is 2. The molecule has 0 saturated heterocycles. The third-order valence-electron chi connectivity index (χ3n) is 3.08. The molecule has 18 heavy (non-hydrogen) atoms. The monoisotopic (exact) mass is 246 g/mol. The van der Waals surface area contributed by atoms with Crippen LogP contribution < -0.4 is 5.32 Å².